The van der Waals surface area contributed by atoms with Gasteiger partial charge in [-0.25, -0.2) is 0 Å². The lowest BCUT2D eigenvalue weighted by Crippen LogP contribution is -2.53. The Morgan fingerprint density at radius 1 is 0.971 bits per heavy atom. The molecule has 0 aromatic carbocycles. The van der Waals surface area contributed by atoms with Crippen molar-refractivity contribution in [3.63, 3.8) is 0 Å². The molecule has 3 saturated heterocycles. The van der Waals surface area contributed by atoms with Gasteiger partial charge in [-0.15, -0.1) is 0 Å². The monoisotopic (exact) mass is 521 g/mol. The van der Waals surface area contributed by atoms with Gasteiger partial charge in [0, 0.05) is 45.2 Å². The van der Waals surface area contributed by atoms with Crippen molar-refractivity contribution in [2.45, 2.75) is 50.2 Å². The van der Waals surface area contributed by atoms with Crippen LogP contribution in [0.1, 0.15) is 32.1 Å². The van der Waals surface area contributed by atoms with Gasteiger partial charge in [-0.3, -0.25) is 4.79 Å². The summed E-state index contributed by atoms with van der Waals surface area (Å²) in [6.07, 6.45) is -3.11. The molecule has 0 aromatic heterocycles. The maximum atomic E-state index is 12.3. The Bertz CT molecular complexity index is 695. The minimum atomic E-state index is -4.49. The van der Waals surface area contributed by atoms with E-state index in [0.29, 0.717) is 0 Å². The molecular formula is C22H33F6NO6. The van der Waals surface area contributed by atoms with Gasteiger partial charge < -0.3 is 29.0 Å². The molecule has 0 aromatic rings. The van der Waals surface area contributed by atoms with E-state index in [-0.39, 0.29) is 26.1 Å². The molecule has 4 rings (SSSR count). The van der Waals surface area contributed by atoms with E-state index in [2.05, 4.69) is 25.2 Å². The highest BCUT2D eigenvalue weighted by atomic mass is 19.4. The third-order valence-electron chi connectivity index (χ3n) is 6.19. The van der Waals surface area contributed by atoms with Crippen molar-refractivity contribution < 1.29 is 55.2 Å². The van der Waals surface area contributed by atoms with Crippen LogP contribution in [-0.2, 0) is 23.7 Å². The molecule has 7 nitrogen and oxygen atoms in total. The van der Waals surface area contributed by atoms with Gasteiger partial charge in [0.05, 0.1) is 39.6 Å². The topological polar surface area (TPSA) is 77.5 Å². The van der Waals surface area contributed by atoms with Gasteiger partial charge in [-0.1, -0.05) is 0 Å². The fraction of sp³-hybridized carbons (Fsp3) is 0.864. The van der Waals surface area contributed by atoms with Crippen LogP contribution in [0, 0.1) is 11.8 Å². The van der Waals surface area contributed by atoms with E-state index >= 15 is 0 Å². The maximum Gasteiger partial charge on any atom is 0.400 e. The van der Waals surface area contributed by atoms with Crippen LogP contribution in [0.25, 0.3) is 0 Å². The highest BCUT2D eigenvalue weighted by molar-refractivity contribution is 5.82. The van der Waals surface area contributed by atoms with Crippen molar-refractivity contribution in [2.24, 2.45) is 11.8 Å². The highest BCUT2D eigenvalue weighted by Crippen LogP contribution is 2.39. The summed E-state index contributed by atoms with van der Waals surface area (Å²) < 4.78 is 91.5. The fourth-order valence-electron chi connectivity index (χ4n) is 4.05. The SMILES string of the molecule is C1=C(N2CCCC2)CCOC1.COC1(O)CCOCC1C(F)(F)F.O=C1CCOCC1C(F)(F)F. The Morgan fingerprint density at radius 3 is 2.06 bits per heavy atom. The summed E-state index contributed by atoms with van der Waals surface area (Å²) >= 11 is 0. The van der Waals surface area contributed by atoms with Gasteiger partial charge in [-0.2, -0.15) is 26.3 Å². The lowest BCUT2D eigenvalue weighted by atomic mass is 9.94. The van der Waals surface area contributed by atoms with Crippen LogP contribution in [0.2, 0.25) is 0 Å². The lowest BCUT2D eigenvalue weighted by Gasteiger charge is -2.38. The van der Waals surface area contributed by atoms with E-state index in [1.807, 2.05) is 0 Å². The second-order valence-corrected chi connectivity index (χ2v) is 8.57. The largest absolute Gasteiger partial charge is 0.400 e. The first-order valence-electron chi connectivity index (χ1n) is 11.5. The molecule has 3 atom stereocenters. The van der Waals surface area contributed by atoms with E-state index in [0.717, 1.165) is 26.7 Å². The molecule has 0 radical (unpaired) electrons. The Balaban J connectivity index is 0.000000186. The summed E-state index contributed by atoms with van der Waals surface area (Å²) in [6.45, 7) is 3.42. The normalized spacial score (nSPS) is 30.0. The van der Waals surface area contributed by atoms with Crippen LogP contribution in [-0.4, -0.2) is 93.8 Å². The third kappa shape index (κ3) is 9.19. The molecule has 0 bridgehead atoms. The quantitative estimate of drug-likeness (QED) is 0.441. The Labute approximate surface area is 200 Å². The number of methoxy groups -OCH3 is 1. The number of hydrogen-bond acceptors (Lipinski definition) is 7. The molecule has 0 spiro atoms. The van der Waals surface area contributed by atoms with Crippen LogP contribution in [0.15, 0.2) is 11.8 Å². The van der Waals surface area contributed by atoms with E-state index in [9.17, 15) is 36.2 Å². The number of alkyl halides is 6. The van der Waals surface area contributed by atoms with Crippen molar-refractivity contribution in [1.29, 1.82) is 0 Å². The molecule has 35 heavy (non-hydrogen) atoms. The number of carbonyl (C=O) groups excluding carboxylic acids is 1. The molecule has 4 aliphatic heterocycles. The maximum absolute atomic E-state index is 12.3. The second kappa shape index (κ2) is 13.2. The summed E-state index contributed by atoms with van der Waals surface area (Å²) in [4.78, 5) is 13.1. The molecule has 0 saturated carbocycles. The molecule has 13 heteroatoms. The molecular weight excluding hydrogens is 488 g/mol. The number of halogens is 6. The number of likely N-dealkylation sites (tertiary alicyclic amines) is 1. The first-order chi connectivity index (χ1) is 16.4. The number of hydrogen-bond donors (Lipinski definition) is 1. The smallest absolute Gasteiger partial charge is 0.380 e. The van der Waals surface area contributed by atoms with E-state index in [4.69, 9.17) is 4.74 Å². The van der Waals surface area contributed by atoms with Crippen molar-refractivity contribution in [3.8, 4) is 0 Å². The number of ether oxygens (including phenoxy) is 4. The van der Waals surface area contributed by atoms with Crippen molar-refractivity contribution in [3.05, 3.63) is 11.8 Å². The number of Topliss-reactive ketones (excluding diaryl/α,β-unsaturated/α-hetero) is 1. The summed E-state index contributed by atoms with van der Waals surface area (Å²) in [5.74, 6) is -6.74. The molecule has 0 amide bonds. The molecule has 3 fully saturated rings. The predicted octanol–water partition coefficient (Wildman–Crippen LogP) is 3.46. The van der Waals surface area contributed by atoms with Crippen LogP contribution in [0.3, 0.4) is 0 Å². The van der Waals surface area contributed by atoms with Gasteiger partial charge in [0.2, 0.25) is 0 Å². The van der Waals surface area contributed by atoms with E-state index in [1.54, 1.807) is 0 Å². The molecule has 3 unspecified atom stereocenters. The number of nitrogens with zero attached hydrogens (tertiary/aromatic N) is 1. The van der Waals surface area contributed by atoms with Crippen molar-refractivity contribution in [2.75, 3.05) is 59.8 Å². The summed E-state index contributed by atoms with van der Waals surface area (Å²) in [7, 11) is 1.06. The zero-order valence-corrected chi connectivity index (χ0v) is 19.6. The average Bonchev–Trinajstić information content (AvgIpc) is 3.35. The average molecular weight is 521 g/mol. The van der Waals surface area contributed by atoms with Crippen LogP contribution >= 0.6 is 0 Å². The molecule has 0 aliphatic carbocycles. The van der Waals surface area contributed by atoms with Gasteiger partial charge in [0.25, 0.3) is 0 Å². The van der Waals surface area contributed by atoms with E-state index in [1.165, 1.54) is 31.6 Å². The molecule has 204 valence electrons. The molecule has 1 N–H and O–H groups in total. The third-order valence-corrected chi connectivity index (χ3v) is 6.19. The molecule has 4 heterocycles. The summed E-state index contributed by atoms with van der Waals surface area (Å²) in [5.41, 5.74) is 1.52. The lowest BCUT2D eigenvalue weighted by molar-refractivity contribution is -0.332. The van der Waals surface area contributed by atoms with Crippen LogP contribution in [0.5, 0.6) is 0 Å². The highest BCUT2D eigenvalue weighted by Gasteiger charge is 2.55. The van der Waals surface area contributed by atoms with Crippen molar-refractivity contribution >= 4 is 5.78 Å². The zero-order valence-electron chi connectivity index (χ0n) is 19.6. The van der Waals surface area contributed by atoms with E-state index < -0.39 is 49.0 Å². The zero-order chi connectivity index (χ0) is 26.1. The van der Waals surface area contributed by atoms with Gasteiger partial charge in [0.15, 0.2) is 5.79 Å². The van der Waals surface area contributed by atoms with Gasteiger partial charge in [0.1, 0.15) is 17.6 Å². The van der Waals surface area contributed by atoms with Crippen LogP contribution in [0.4, 0.5) is 26.3 Å². The number of aliphatic hydroxyl groups is 1. The Morgan fingerprint density at radius 2 is 1.60 bits per heavy atom. The fourth-order valence-corrected chi connectivity index (χ4v) is 4.05. The molecule has 4 aliphatic rings. The standard InChI is InChI=1S/C9H15NO.C7H11F3O3.C6H7F3O2/c1-2-6-10(5-1)9-3-7-11-8-4-9;1-12-6(11)2-3-13-4-5(6)7(8,9)10;7-6(8,9)4-3-11-2-1-5(4)10/h3H,1-2,4-8H2;5,11H,2-4H2,1H3;4H,1-3H2. The van der Waals surface area contributed by atoms with Crippen LogP contribution < -0.4 is 0 Å². The minimum absolute atomic E-state index is 0.0803. The minimum Gasteiger partial charge on any atom is -0.380 e. The van der Waals surface area contributed by atoms with Gasteiger partial charge >= 0.3 is 12.4 Å². The first kappa shape index (κ1) is 29.8. The predicted molar refractivity (Wildman–Crippen MR) is 111 cm³/mol. The number of ketones is 1. The number of rotatable bonds is 2. The Kier molecular flexibility index (Phi) is 11.3. The summed E-state index contributed by atoms with van der Waals surface area (Å²) in [5, 5.41) is 9.45. The second-order valence-electron chi connectivity index (χ2n) is 8.57. The number of carbonyl (C=O) groups is 1. The first-order valence-corrected chi connectivity index (χ1v) is 11.5. The van der Waals surface area contributed by atoms with Gasteiger partial charge in [-0.05, 0) is 18.9 Å². The van der Waals surface area contributed by atoms with Crippen molar-refractivity contribution in [1.82, 2.24) is 4.90 Å². The Hall–Kier alpha value is -1.41. The summed E-state index contributed by atoms with van der Waals surface area (Å²) in [6, 6.07) is 0.